The summed E-state index contributed by atoms with van der Waals surface area (Å²) in [6, 6.07) is 0. The monoisotopic (exact) mass is 311 g/mol. The highest BCUT2D eigenvalue weighted by atomic mass is 32.3. The van der Waals surface area contributed by atoms with Crippen molar-refractivity contribution in [2.75, 3.05) is 13.7 Å². The molecule has 0 aliphatic carbocycles. The molecule has 0 aliphatic rings. The van der Waals surface area contributed by atoms with E-state index in [4.69, 9.17) is 4.74 Å². The third-order valence-corrected chi connectivity index (χ3v) is 2.68. The molecule has 20 heavy (non-hydrogen) atoms. The second-order valence-corrected chi connectivity index (χ2v) is 5.31. The van der Waals surface area contributed by atoms with Gasteiger partial charge >= 0.3 is 5.97 Å². The van der Waals surface area contributed by atoms with Crippen molar-refractivity contribution < 1.29 is 32.0 Å². The Hall–Kier alpha value is -0.960. The van der Waals surface area contributed by atoms with E-state index in [-0.39, 0.29) is 12.2 Å². The molecular weight excluding hydrogens is 286 g/mol. The van der Waals surface area contributed by atoms with Gasteiger partial charge in [-0.25, -0.2) is 13.2 Å². The SMILES string of the molecule is CC[NH2+]C(C)OC(=O)C(CC)=C(C)C.COS(=O)(=O)[O-]. The van der Waals surface area contributed by atoms with Crippen LogP contribution in [0.3, 0.4) is 0 Å². The number of allylic oxidation sites excluding steroid dienone is 1. The maximum absolute atomic E-state index is 11.6. The summed E-state index contributed by atoms with van der Waals surface area (Å²) >= 11 is 0. The van der Waals surface area contributed by atoms with Crippen molar-refractivity contribution in [3.05, 3.63) is 11.1 Å². The Bertz CT molecular complexity index is 412. The van der Waals surface area contributed by atoms with Gasteiger partial charge in [0.15, 0.2) is 0 Å². The van der Waals surface area contributed by atoms with E-state index < -0.39 is 10.4 Å². The summed E-state index contributed by atoms with van der Waals surface area (Å²) in [5, 5.41) is 1.98. The van der Waals surface area contributed by atoms with Crippen LogP contribution in [0.15, 0.2) is 11.1 Å². The van der Waals surface area contributed by atoms with Crippen LogP contribution in [0.5, 0.6) is 0 Å². The molecule has 120 valence electrons. The molecule has 0 saturated heterocycles. The zero-order chi connectivity index (χ0) is 16.3. The third-order valence-electron chi connectivity index (χ3n) is 2.27. The van der Waals surface area contributed by atoms with Gasteiger partial charge in [0.2, 0.25) is 16.6 Å². The molecule has 2 N–H and O–H groups in total. The maximum atomic E-state index is 11.6. The van der Waals surface area contributed by atoms with Gasteiger partial charge in [0, 0.05) is 12.5 Å². The number of ether oxygens (including phenoxy) is 1. The van der Waals surface area contributed by atoms with Crippen molar-refractivity contribution in [1.82, 2.24) is 0 Å². The number of carbonyl (C=O) groups excluding carboxylic acids is 1. The standard InChI is InChI=1S/C11H21NO2.CH4O4S/c1-6-10(8(3)4)11(13)14-9(5)12-7-2;1-5-6(2,3)4/h9,12H,6-7H2,1-5H3;1H3,(H,2,3,4). The smallest absolute Gasteiger partial charge is 0.338 e. The van der Waals surface area contributed by atoms with Crippen molar-refractivity contribution in [2.24, 2.45) is 0 Å². The number of esters is 1. The topological polar surface area (TPSA) is 109 Å². The van der Waals surface area contributed by atoms with Crippen LogP contribution in [0, 0.1) is 0 Å². The molecular formula is C12H25NO6S. The molecule has 0 rings (SSSR count). The molecule has 1 atom stereocenters. The largest absolute Gasteiger partial charge is 0.726 e. The molecule has 8 heteroatoms. The van der Waals surface area contributed by atoms with Gasteiger partial charge in [0.25, 0.3) is 0 Å². The first-order chi connectivity index (χ1) is 9.08. The van der Waals surface area contributed by atoms with Gasteiger partial charge < -0.3 is 14.6 Å². The summed E-state index contributed by atoms with van der Waals surface area (Å²) < 4.78 is 36.3. The fourth-order valence-corrected chi connectivity index (χ4v) is 1.32. The molecule has 0 bridgehead atoms. The molecule has 0 radical (unpaired) electrons. The predicted molar refractivity (Wildman–Crippen MR) is 73.4 cm³/mol. The number of hydrogen-bond acceptors (Lipinski definition) is 6. The van der Waals surface area contributed by atoms with Gasteiger partial charge in [-0.1, -0.05) is 12.5 Å². The number of nitrogens with two attached hydrogens (primary N) is 1. The van der Waals surface area contributed by atoms with Gasteiger partial charge in [-0.15, -0.1) is 0 Å². The van der Waals surface area contributed by atoms with Crippen LogP contribution >= 0.6 is 0 Å². The molecule has 0 saturated carbocycles. The minimum Gasteiger partial charge on any atom is -0.726 e. The number of rotatable bonds is 6. The minimum absolute atomic E-state index is 0.0894. The Morgan fingerprint density at radius 1 is 1.30 bits per heavy atom. The molecule has 0 heterocycles. The summed E-state index contributed by atoms with van der Waals surface area (Å²) in [4.78, 5) is 11.6. The molecule has 1 unspecified atom stereocenters. The van der Waals surface area contributed by atoms with Crippen LogP contribution in [0.2, 0.25) is 0 Å². The van der Waals surface area contributed by atoms with Crippen molar-refractivity contribution >= 4 is 16.4 Å². The third kappa shape index (κ3) is 12.1. The Morgan fingerprint density at radius 3 is 2.00 bits per heavy atom. The van der Waals surface area contributed by atoms with Crippen molar-refractivity contribution in [3.8, 4) is 0 Å². The molecule has 0 spiro atoms. The Balaban J connectivity index is 0. The Kier molecular flexibility index (Phi) is 11.5. The lowest BCUT2D eigenvalue weighted by atomic mass is 10.1. The molecule has 0 aromatic carbocycles. The number of quaternary nitrogens is 1. The fourth-order valence-electron chi connectivity index (χ4n) is 1.32. The van der Waals surface area contributed by atoms with E-state index in [1.807, 2.05) is 39.9 Å². The maximum Gasteiger partial charge on any atom is 0.338 e. The highest BCUT2D eigenvalue weighted by molar-refractivity contribution is 7.80. The van der Waals surface area contributed by atoms with Crippen LogP contribution < -0.4 is 5.32 Å². The van der Waals surface area contributed by atoms with E-state index in [1.54, 1.807) is 0 Å². The number of hydrogen-bond donors (Lipinski definition) is 1. The van der Waals surface area contributed by atoms with Crippen LogP contribution in [0.4, 0.5) is 0 Å². The van der Waals surface area contributed by atoms with Gasteiger partial charge in [-0.2, -0.15) is 0 Å². The predicted octanol–water partition coefficient (Wildman–Crippen LogP) is 0.298. The van der Waals surface area contributed by atoms with E-state index in [1.165, 1.54) is 0 Å². The van der Waals surface area contributed by atoms with E-state index in [0.29, 0.717) is 0 Å². The number of carbonyl (C=O) groups is 1. The zero-order valence-electron chi connectivity index (χ0n) is 12.9. The van der Waals surface area contributed by atoms with Gasteiger partial charge in [-0.05, 0) is 27.2 Å². The molecule has 0 aliphatic heterocycles. The second-order valence-electron chi connectivity index (χ2n) is 4.16. The van der Waals surface area contributed by atoms with Crippen LogP contribution in [-0.4, -0.2) is 38.8 Å². The highest BCUT2D eigenvalue weighted by Gasteiger charge is 2.15. The van der Waals surface area contributed by atoms with Gasteiger partial charge in [-0.3, -0.25) is 4.18 Å². The van der Waals surface area contributed by atoms with E-state index in [9.17, 15) is 17.8 Å². The summed E-state index contributed by atoms with van der Waals surface area (Å²) in [6.07, 6.45) is 0.647. The molecule has 7 nitrogen and oxygen atoms in total. The lowest BCUT2D eigenvalue weighted by Crippen LogP contribution is -2.89. The summed E-state index contributed by atoms with van der Waals surface area (Å²) in [6.45, 7) is 10.7. The first-order valence-corrected chi connectivity index (χ1v) is 7.64. The average molecular weight is 311 g/mol. The van der Waals surface area contributed by atoms with Gasteiger partial charge in [0.05, 0.1) is 13.7 Å². The summed E-state index contributed by atoms with van der Waals surface area (Å²) in [5.74, 6) is -0.176. The first kappa shape index (κ1) is 21.3. The second kappa shape index (κ2) is 10.8. The molecule has 0 aromatic rings. The summed E-state index contributed by atoms with van der Waals surface area (Å²) in [5.41, 5.74) is 1.84. The molecule has 0 fully saturated rings. The Morgan fingerprint density at radius 2 is 1.75 bits per heavy atom. The van der Waals surface area contributed by atoms with E-state index in [0.717, 1.165) is 31.2 Å². The highest BCUT2D eigenvalue weighted by Crippen LogP contribution is 2.09. The van der Waals surface area contributed by atoms with Crippen molar-refractivity contribution in [2.45, 2.75) is 47.3 Å². The normalized spacial score (nSPS) is 11.9. The van der Waals surface area contributed by atoms with Crippen molar-refractivity contribution in [3.63, 3.8) is 0 Å². The minimum atomic E-state index is -4.41. The fraction of sp³-hybridized carbons (Fsp3) is 0.750. The Labute approximate surface area is 121 Å². The van der Waals surface area contributed by atoms with Crippen LogP contribution in [0.1, 0.15) is 41.0 Å². The molecule has 0 aromatic heterocycles. The van der Waals surface area contributed by atoms with Crippen LogP contribution in [-0.2, 0) is 24.1 Å². The first-order valence-electron chi connectivity index (χ1n) is 6.31. The molecule has 0 amide bonds. The lowest BCUT2D eigenvalue weighted by Gasteiger charge is -2.12. The quantitative estimate of drug-likeness (QED) is 0.248. The van der Waals surface area contributed by atoms with E-state index >= 15 is 0 Å². The zero-order valence-corrected chi connectivity index (χ0v) is 13.7. The van der Waals surface area contributed by atoms with Crippen LogP contribution in [0.25, 0.3) is 0 Å². The van der Waals surface area contributed by atoms with E-state index in [2.05, 4.69) is 4.18 Å². The lowest BCUT2D eigenvalue weighted by molar-refractivity contribution is -0.715. The summed E-state index contributed by atoms with van der Waals surface area (Å²) in [7, 11) is -3.60. The van der Waals surface area contributed by atoms with Crippen molar-refractivity contribution in [1.29, 1.82) is 0 Å². The average Bonchev–Trinajstić information content (AvgIpc) is 2.29. The van der Waals surface area contributed by atoms with Gasteiger partial charge in [0.1, 0.15) is 0 Å².